The van der Waals surface area contributed by atoms with Gasteiger partial charge in [0.05, 0.1) is 6.10 Å². The number of carbonyl (C=O) groups excluding carboxylic acids is 1. The Bertz CT molecular complexity index is 611. The highest BCUT2D eigenvalue weighted by Crippen LogP contribution is 2.18. The largest absolute Gasteiger partial charge is 0.484 e. The summed E-state index contributed by atoms with van der Waals surface area (Å²) in [4.78, 5) is 11.8. The molecule has 0 saturated carbocycles. The van der Waals surface area contributed by atoms with Crippen molar-refractivity contribution in [2.75, 3.05) is 11.9 Å². The second-order valence-electron chi connectivity index (χ2n) is 4.59. The molecule has 2 N–H and O–H groups in total. The molecule has 0 aliphatic rings. The molecule has 21 heavy (non-hydrogen) atoms. The molecule has 2 rings (SSSR count). The van der Waals surface area contributed by atoms with Crippen LogP contribution in [-0.2, 0) is 4.79 Å². The number of nitrogens with one attached hydrogen (secondary N) is 1. The third kappa shape index (κ3) is 4.77. The number of hydrogen-bond acceptors (Lipinski definition) is 3. The monoisotopic (exact) mass is 305 g/mol. The number of rotatable bonds is 5. The molecule has 0 radical (unpaired) electrons. The highest BCUT2D eigenvalue weighted by molar-refractivity contribution is 6.30. The maximum absolute atomic E-state index is 11.8. The number of aliphatic hydroxyl groups is 1. The number of hydrogen-bond donors (Lipinski definition) is 2. The van der Waals surface area contributed by atoms with Crippen molar-refractivity contribution >= 4 is 23.2 Å². The zero-order valence-corrected chi connectivity index (χ0v) is 12.3. The molecule has 0 heterocycles. The van der Waals surface area contributed by atoms with Crippen molar-refractivity contribution in [1.82, 2.24) is 0 Å². The zero-order valence-electron chi connectivity index (χ0n) is 11.5. The summed E-state index contributed by atoms with van der Waals surface area (Å²) in [5.74, 6) is 0.306. The van der Waals surface area contributed by atoms with Crippen LogP contribution >= 0.6 is 11.6 Å². The molecule has 1 amide bonds. The summed E-state index contributed by atoms with van der Waals surface area (Å²) in [5.41, 5.74) is 1.37. The molecule has 0 saturated heterocycles. The molecular weight excluding hydrogens is 290 g/mol. The van der Waals surface area contributed by atoms with Crippen LogP contribution in [0.4, 0.5) is 5.69 Å². The van der Waals surface area contributed by atoms with Gasteiger partial charge in [0.1, 0.15) is 5.75 Å². The van der Waals surface area contributed by atoms with Crippen molar-refractivity contribution in [3.8, 4) is 5.75 Å². The van der Waals surface area contributed by atoms with Crippen molar-refractivity contribution in [3.63, 3.8) is 0 Å². The molecule has 110 valence electrons. The standard InChI is InChI=1S/C16H16ClNO3/c1-11(19)12-3-2-4-14(9-12)18-16(20)10-21-15-7-5-13(17)6-8-15/h2-9,11,19H,10H2,1H3,(H,18,20)/t11-/m1/s1. The van der Waals surface area contributed by atoms with E-state index in [0.29, 0.717) is 16.5 Å². The van der Waals surface area contributed by atoms with Crippen LogP contribution in [0.5, 0.6) is 5.75 Å². The number of benzene rings is 2. The van der Waals surface area contributed by atoms with Crippen molar-refractivity contribution in [2.24, 2.45) is 0 Å². The molecule has 0 bridgehead atoms. The van der Waals surface area contributed by atoms with E-state index in [1.807, 2.05) is 0 Å². The molecule has 4 nitrogen and oxygen atoms in total. The van der Waals surface area contributed by atoms with Gasteiger partial charge in [0.2, 0.25) is 0 Å². The van der Waals surface area contributed by atoms with E-state index >= 15 is 0 Å². The normalized spacial score (nSPS) is 11.8. The maximum atomic E-state index is 11.8. The summed E-state index contributed by atoms with van der Waals surface area (Å²) in [7, 11) is 0. The van der Waals surface area contributed by atoms with E-state index in [4.69, 9.17) is 16.3 Å². The van der Waals surface area contributed by atoms with E-state index in [9.17, 15) is 9.90 Å². The van der Waals surface area contributed by atoms with Crippen LogP contribution in [0.1, 0.15) is 18.6 Å². The fourth-order valence-electron chi connectivity index (χ4n) is 1.75. The average molecular weight is 306 g/mol. The maximum Gasteiger partial charge on any atom is 0.262 e. The highest BCUT2D eigenvalue weighted by atomic mass is 35.5. The Labute approximate surface area is 128 Å². The van der Waals surface area contributed by atoms with Gasteiger partial charge in [-0.3, -0.25) is 4.79 Å². The summed E-state index contributed by atoms with van der Waals surface area (Å²) in [6.07, 6.45) is -0.577. The van der Waals surface area contributed by atoms with E-state index < -0.39 is 6.10 Å². The lowest BCUT2D eigenvalue weighted by atomic mass is 10.1. The van der Waals surface area contributed by atoms with E-state index in [-0.39, 0.29) is 12.5 Å². The van der Waals surface area contributed by atoms with Crippen LogP contribution in [0.2, 0.25) is 5.02 Å². The van der Waals surface area contributed by atoms with Gasteiger partial charge in [-0.1, -0.05) is 23.7 Å². The quantitative estimate of drug-likeness (QED) is 0.890. The van der Waals surface area contributed by atoms with E-state index in [2.05, 4.69) is 5.32 Å². The Morgan fingerprint density at radius 1 is 1.29 bits per heavy atom. The van der Waals surface area contributed by atoms with Crippen LogP contribution in [0.15, 0.2) is 48.5 Å². The van der Waals surface area contributed by atoms with Crippen molar-refractivity contribution in [1.29, 1.82) is 0 Å². The predicted octanol–water partition coefficient (Wildman–Crippen LogP) is 3.41. The van der Waals surface area contributed by atoms with Crippen molar-refractivity contribution in [3.05, 3.63) is 59.1 Å². The summed E-state index contributed by atoms with van der Waals surface area (Å²) in [5, 5.41) is 12.8. The van der Waals surface area contributed by atoms with Gasteiger partial charge in [-0.15, -0.1) is 0 Å². The van der Waals surface area contributed by atoms with Crippen LogP contribution in [0.3, 0.4) is 0 Å². The first-order valence-electron chi connectivity index (χ1n) is 6.51. The molecule has 5 heteroatoms. The van der Waals surface area contributed by atoms with E-state index in [1.165, 1.54) is 0 Å². The Kier molecular flexibility index (Phi) is 5.20. The first kappa shape index (κ1) is 15.4. The minimum absolute atomic E-state index is 0.0967. The Morgan fingerprint density at radius 2 is 2.00 bits per heavy atom. The molecule has 0 fully saturated rings. The second kappa shape index (κ2) is 7.11. The first-order chi connectivity index (χ1) is 10.0. The third-order valence-electron chi connectivity index (χ3n) is 2.84. The topological polar surface area (TPSA) is 58.6 Å². The summed E-state index contributed by atoms with van der Waals surface area (Å²) < 4.78 is 5.35. The van der Waals surface area contributed by atoms with Crippen LogP contribution < -0.4 is 10.1 Å². The summed E-state index contributed by atoms with van der Waals surface area (Å²) in [6, 6.07) is 13.8. The lowest BCUT2D eigenvalue weighted by Gasteiger charge is -2.10. The lowest BCUT2D eigenvalue weighted by Crippen LogP contribution is -2.20. The number of anilines is 1. The first-order valence-corrected chi connectivity index (χ1v) is 6.88. The van der Waals surface area contributed by atoms with Gasteiger partial charge in [0.15, 0.2) is 6.61 Å². The fourth-order valence-corrected chi connectivity index (χ4v) is 1.88. The number of carbonyl (C=O) groups is 1. The molecule has 0 aliphatic carbocycles. The minimum Gasteiger partial charge on any atom is -0.484 e. The minimum atomic E-state index is -0.577. The van der Waals surface area contributed by atoms with Gasteiger partial charge in [-0.2, -0.15) is 0 Å². The van der Waals surface area contributed by atoms with Crippen LogP contribution in [0, 0.1) is 0 Å². The fraction of sp³-hybridized carbons (Fsp3) is 0.188. The highest BCUT2D eigenvalue weighted by Gasteiger charge is 2.06. The predicted molar refractivity (Wildman–Crippen MR) is 82.7 cm³/mol. The average Bonchev–Trinajstić information content (AvgIpc) is 2.47. The van der Waals surface area contributed by atoms with E-state index in [1.54, 1.807) is 55.5 Å². The lowest BCUT2D eigenvalue weighted by molar-refractivity contribution is -0.118. The molecule has 2 aromatic rings. The molecular formula is C16H16ClNO3. The molecule has 0 unspecified atom stereocenters. The van der Waals surface area contributed by atoms with Crippen LogP contribution in [-0.4, -0.2) is 17.6 Å². The smallest absolute Gasteiger partial charge is 0.262 e. The summed E-state index contributed by atoms with van der Waals surface area (Å²) in [6.45, 7) is 1.57. The second-order valence-corrected chi connectivity index (χ2v) is 5.03. The van der Waals surface area contributed by atoms with Crippen LogP contribution in [0.25, 0.3) is 0 Å². The van der Waals surface area contributed by atoms with Gasteiger partial charge in [0, 0.05) is 10.7 Å². The zero-order chi connectivity index (χ0) is 15.2. The number of ether oxygens (including phenoxy) is 1. The number of amides is 1. The number of aliphatic hydroxyl groups excluding tert-OH is 1. The van der Waals surface area contributed by atoms with Gasteiger partial charge < -0.3 is 15.2 Å². The Balaban J connectivity index is 1.89. The molecule has 0 aromatic heterocycles. The SMILES string of the molecule is C[C@@H](O)c1cccc(NC(=O)COc2ccc(Cl)cc2)c1. The molecule has 0 aliphatic heterocycles. The van der Waals surface area contributed by atoms with Crippen molar-refractivity contribution < 1.29 is 14.6 Å². The third-order valence-corrected chi connectivity index (χ3v) is 3.09. The molecule has 2 aromatic carbocycles. The van der Waals surface area contributed by atoms with E-state index in [0.717, 1.165) is 5.56 Å². The van der Waals surface area contributed by atoms with Gasteiger partial charge >= 0.3 is 0 Å². The Morgan fingerprint density at radius 3 is 2.67 bits per heavy atom. The molecule has 1 atom stereocenters. The van der Waals surface area contributed by atoms with Gasteiger partial charge in [-0.25, -0.2) is 0 Å². The van der Waals surface area contributed by atoms with Gasteiger partial charge in [0.25, 0.3) is 5.91 Å². The summed E-state index contributed by atoms with van der Waals surface area (Å²) >= 11 is 5.77. The molecule has 0 spiro atoms. The Hall–Kier alpha value is -2.04. The van der Waals surface area contributed by atoms with Crippen molar-refractivity contribution in [2.45, 2.75) is 13.0 Å². The van der Waals surface area contributed by atoms with Gasteiger partial charge in [-0.05, 0) is 48.9 Å². The number of halogens is 1.